The molecule has 5 fully saturated rings. The van der Waals surface area contributed by atoms with Crippen LogP contribution >= 0.6 is 0 Å². The molecule has 4 aliphatic carbocycles. The first-order valence-electron chi connectivity index (χ1n) is 22.7. The molecule has 2 saturated carbocycles. The molecule has 3 heterocycles. The van der Waals surface area contributed by atoms with E-state index in [4.69, 9.17) is 15.2 Å². The molecule has 7 aliphatic rings. The van der Waals surface area contributed by atoms with Crippen LogP contribution in [0.2, 0.25) is 0 Å². The van der Waals surface area contributed by atoms with E-state index >= 15 is 4.79 Å². The molecule has 0 radical (unpaired) electrons. The molecule has 7 rings (SSSR count). The third kappa shape index (κ3) is 8.19. The number of hydrogen-bond acceptors (Lipinski definition) is 6. The summed E-state index contributed by atoms with van der Waals surface area (Å²) < 4.78 is 12.8. The van der Waals surface area contributed by atoms with Gasteiger partial charge in [-0.15, -0.1) is 0 Å². The zero-order chi connectivity index (χ0) is 40.5. The molecule has 13 atom stereocenters. The fourth-order valence-electron chi connectivity index (χ4n) is 12.3. The van der Waals surface area contributed by atoms with Crippen LogP contribution in [-0.2, 0) is 23.9 Å². The Labute approximate surface area is 340 Å². The highest BCUT2D eigenvalue weighted by atomic mass is 16.7. The van der Waals surface area contributed by atoms with Gasteiger partial charge in [0.2, 0.25) is 0 Å². The third-order valence-electron chi connectivity index (χ3n) is 15.2. The Morgan fingerprint density at radius 2 is 2.00 bits per heavy atom. The highest BCUT2D eigenvalue weighted by Gasteiger charge is 2.87. The van der Waals surface area contributed by atoms with Crippen LogP contribution in [0.3, 0.4) is 0 Å². The largest absolute Gasteiger partial charge is 0.463 e. The van der Waals surface area contributed by atoms with Crippen LogP contribution < -0.4 is 37.3 Å². The van der Waals surface area contributed by atoms with Gasteiger partial charge >= 0.3 is 11.9 Å². The minimum atomic E-state index is -1.88. The van der Waals surface area contributed by atoms with E-state index in [2.05, 4.69) is 90.6 Å². The molecule has 3 aliphatic heterocycles. The van der Waals surface area contributed by atoms with E-state index in [0.717, 1.165) is 82.9 Å². The van der Waals surface area contributed by atoms with Crippen molar-refractivity contribution in [2.75, 3.05) is 33.8 Å². The second-order valence-electron chi connectivity index (χ2n) is 19.2. The number of likely N-dealkylation sites (N-methyl/N-ethyl adjacent to an activating group) is 1. The average molecular weight is 794 g/mol. The number of epoxide rings is 1. The normalized spacial score (nSPS) is 39.7. The Morgan fingerprint density at radius 1 is 1.18 bits per heavy atom. The molecule has 12 nitrogen and oxygen atoms in total. The number of nitrogens with two attached hydrogens (primary N) is 4. The van der Waals surface area contributed by atoms with E-state index in [1.807, 2.05) is 7.05 Å². The Hall–Kier alpha value is -2.90. The predicted molar refractivity (Wildman–Crippen MR) is 218 cm³/mol. The summed E-state index contributed by atoms with van der Waals surface area (Å²) in [4.78, 5) is 47.7. The van der Waals surface area contributed by atoms with Gasteiger partial charge < -0.3 is 25.4 Å². The maximum Gasteiger partial charge on any atom is 0.350 e. The average Bonchev–Trinajstić information content (AvgIpc) is 3.92. The van der Waals surface area contributed by atoms with Crippen molar-refractivity contribution in [3.8, 4) is 0 Å². The van der Waals surface area contributed by atoms with E-state index < -0.39 is 29.0 Å². The van der Waals surface area contributed by atoms with Crippen LogP contribution in [0.15, 0.2) is 35.5 Å². The van der Waals surface area contributed by atoms with Gasteiger partial charge in [-0.25, -0.2) is 10.1 Å². The van der Waals surface area contributed by atoms with Crippen molar-refractivity contribution in [1.82, 2.24) is 10.6 Å². The Kier molecular flexibility index (Phi) is 13.2. The Bertz CT molecular complexity index is 1630. The SMILES string of the molecule is CC[NH2+][C@H]1C=C2C=CCC[C@H]2C[C@H]1COC(=O)[C@]12O[C@@]1(CC=C(C)C[C@@H](NC(N)=[NH+]C)C1CC[NH2+]C3N[C@@H]([NH2+]C)CCC31)C(=O)C1CCCC(CC(C)C)C1C2=O. The lowest BCUT2D eigenvalue weighted by Crippen LogP contribution is -3.03. The molecule has 0 spiro atoms. The van der Waals surface area contributed by atoms with Gasteiger partial charge in [0.05, 0.1) is 33.2 Å². The van der Waals surface area contributed by atoms with E-state index in [1.54, 1.807) is 0 Å². The number of Topliss-reactive ketones (excluding diaryl/α,β-unsaturated/α-hetero) is 2. The van der Waals surface area contributed by atoms with Crippen molar-refractivity contribution in [2.45, 2.75) is 140 Å². The predicted octanol–water partition coefficient (Wildman–Crippen LogP) is -0.730. The summed E-state index contributed by atoms with van der Waals surface area (Å²) in [6, 6.07) is 0.266. The fraction of sp³-hybridized carbons (Fsp3) is 0.778. The first kappa shape index (κ1) is 42.2. The van der Waals surface area contributed by atoms with Crippen LogP contribution in [-0.4, -0.2) is 92.9 Å². The highest BCUT2D eigenvalue weighted by molar-refractivity contribution is 6.23. The number of esters is 1. The molecule has 0 bridgehead atoms. The van der Waals surface area contributed by atoms with Crippen molar-refractivity contribution >= 4 is 23.5 Å². The zero-order valence-electron chi connectivity index (χ0n) is 35.7. The summed E-state index contributed by atoms with van der Waals surface area (Å²) in [5.74, 6) is 0.607. The van der Waals surface area contributed by atoms with E-state index in [1.165, 1.54) is 5.57 Å². The molecule has 0 aromatic rings. The van der Waals surface area contributed by atoms with Crippen molar-refractivity contribution in [3.63, 3.8) is 0 Å². The van der Waals surface area contributed by atoms with Crippen LogP contribution in [0.1, 0.15) is 105 Å². The molecular formula is C45H75N7O5+4. The molecule has 11 N–H and O–H groups in total. The molecule has 0 aromatic heterocycles. The van der Waals surface area contributed by atoms with Crippen LogP contribution in [0, 0.1) is 47.3 Å². The van der Waals surface area contributed by atoms with Gasteiger partial charge in [0.15, 0.2) is 17.2 Å². The van der Waals surface area contributed by atoms with E-state index in [9.17, 15) is 9.59 Å². The summed E-state index contributed by atoms with van der Waals surface area (Å²) in [6.07, 6.45) is 20.4. The molecule has 6 unspecified atom stereocenters. The second-order valence-corrected chi connectivity index (χ2v) is 19.2. The number of guanidine groups is 1. The molecule has 316 valence electrons. The van der Waals surface area contributed by atoms with Crippen molar-refractivity contribution in [1.29, 1.82) is 0 Å². The van der Waals surface area contributed by atoms with Gasteiger partial charge in [-0.3, -0.25) is 25.6 Å². The molecule has 57 heavy (non-hydrogen) atoms. The number of ketones is 2. The summed E-state index contributed by atoms with van der Waals surface area (Å²) in [6.45, 7) is 10.8. The number of carbonyl (C=O) groups excluding carboxylic acids is 3. The quantitative estimate of drug-likeness (QED) is 0.0300. The smallest absolute Gasteiger partial charge is 0.350 e. The fourth-order valence-corrected chi connectivity index (χ4v) is 12.3. The number of carbonyl (C=O) groups is 3. The topological polar surface area (TPSA) is 187 Å². The second kappa shape index (κ2) is 17.8. The number of nitrogens with one attached hydrogen (secondary N) is 3. The minimum absolute atomic E-state index is 0.0613. The van der Waals surface area contributed by atoms with Crippen LogP contribution in [0.4, 0.5) is 0 Å². The van der Waals surface area contributed by atoms with Gasteiger partial charge in [-0.05, 0) is 88.2 Å². The number of piperidine rings is 2. The summed E-state index contributed by atoms with van der Waals surface area (Å²) >= 11 is 0. The number of fused-ring (bicyclic) bond motifs is 4. The van der Waals surface area contributed by atoms with Crippen LogP contribution in [0.25, 0.3) is 0 Å². The number of allylic oxidation sites excluding steroid dienone is 3. The van der Waals surface area contributed by atoms with Crippen LogP contribution in [0.5, 0.6) is 0 Å². The van der Waals surface area contributed by atoms with Crippen molar-refractivity contribution in [2.24, 2.45) is 53.1 Å². The van der Waals surface area contributed by atoms with Gasteiger partial charge in [-0.1, -0.05) is 44.1 Å². The van der Waals surface area contributed by atoms with Gasteiger partial charge in [0.25, 0.3) is 5.60 Å². The zero-order valence-corrected chi connectivity index (χ0v) is 35.7. The first-order chi connectivity index (χ1) is 27.5. The number of rotatable bonds is 14. The third-order valence-corrected chi connectivity index (χ3v) is 15.2. The molecule has 0 aromatic carbocycles. The molecule has 3 saturated heterocycles. The first-order valence-corrected chi connectivity index (χ1v) is 22.7. The summed E-state index contributed by atoms with van der Waals surface area (Å²) in [5, 5.41) is 14.5. The highest BCUT2D eigenvalue weighted by Crippen LogP contribution is 2.62. The Morgan fingerprint density at radius 3 is 2.75 bits per heavy atom. The lowest BCUT2D eigenvalue weighted by molar-refractivity contribution is -0.739. The van der Waals surface area contributed by atoms with Crippen molar-refractivity contribution < 1.29 is 44.8 Å². The maximum absolute atomic E-state index is 15.0. The van der Waals surface area contributed by atoms with Gasteiger partial charge in [0.1, 0.15) is 25.0 Å². The monoisotopic (exact) mass is 794 g/mol. The van der Waals surface area contributed by atoms with Gasteiger partial charge in [0, 0.05) is 55.3 Å². The molecule has 0 amide bonds. The van der Waals surface area contributed by atoms with Gasteiger partial charge in [-0.2, -0.15) is 0 Å². The molecule has 12 heteroatoms. The van der Waals surface area contributed by atoms with E-state index in [-0.39, 0.29) is 48.5 Å². The minimum Gasteiger partial charge on any atom is -0.463 e. The standard InChI is InChI=1S/C45H71N7O5/c1-7-49-35-24-29-12-9-8-11-28(29)23-31(35)25-56-42(55)45-40(54)38-30(21-26(2)3)13-10-14-34(38)39(53)44(45,57-45)19-17-27(4)22-36(51-43(46)48-6)32-18-20-50-41-33(32)15-16-37(47-5)52-41/h9,12,17,24,26,28,30-38,41,47,49-50,52H,7-8,10-11,13-16,18-23,25H2,1-6H3,(H3,46,48,51)/p+4/t28-,30?,31-,32?,33?,34?,35-,36+,37+,38?,41?,44-,45-/m0/s1. The van der Waals surface area contributed by atoms with Crippen molar-refractivity contribution in [3.05, 3.63) is 35.5 Å². The maximum atomic E-state index is 15.0. The number of quaternary nitrogens is 3. The lowest BCUT2D eigenvalue weighted by atomic mass is 9.57. The summed E-state index contributed by atoms with van der Waals surface area (Å²) in [5.41, 5.74) is 5.48. The lowest BCUT2D eigenvalue weighted by Gasteiger charge is -2.43. The Balaban J connectivity index is 1.14. The molecular weight excluding hydrogens is 719 g/mol. The summed E-state index contributed by atoms with van der Waals surface area (Å²) in [7, 11) is 3.97. The number of hydrogen-bond donors (Lipinski definition) is 7. The number of ether oxygens (including phenoxy) is 2. The van der Waals surface area contributed by atoms with E-state index in [0.29, 0.717) is 48.4 Å².